The Hall–Kier alpha value is -3.50. The van der Waals surface area contributed by atoms with Crippen LogP contribution < -0.4 is 0 Å². The highest BCUT2D eigenvalue weighted by atomic mass is 32.2. The van der Waals surface area contributed by atoms with Gasteiger partial charge in [0.15, 0.2) is 5.17 Å². The van der Waals surface area contributed by atoms with Gasteiger partial charge in [-0.1, -0.05) is 72.1 Å². The Morgan fingerprint density at radius 2 is 1.68 bits per heavy atom. The van der Waals surface area contributed by atoms with Crippen LogP contribution in [-0.2, 0) is 14.4 Å². The first kappa shape index (κ1) is 30.5. The van der Waals surface area contributed by atoms with E-state index in [4.69, 9.17) is 9.84 Å². The molecule has 1 heterocycles. The van der Waals surface area contributed by atoms with E-state index in [0.717, 1.165) is 23.8 Å². The molecule has 3 aromatic rings. The standard InChI is InChI=1S/C31H31F2N3O3S2/c1-30(2,3)39-26(37)16-11-19-31(22-14-9-6-10-15-22)36(29(40-4)34-27(38)21-12-7-5-8-13-21)35-28(41-31)24-20-23(32)17-18-25(24)33/h5-10,12-15,17-18,20H,11,16,19H2,1-4H3/b34-29-. The number of hydrogen-bond acceptors (Lipinski definition) is 6. The molecule has 10 heteroatoms. The zero-order chi connectivity index (χ0) is 29.6. The molecular formula is C31H31F2N3O3S2. The Kier molecular flexibility index (Phi) is 9.65. The Morgan fingerprint density at radius 3 is 2.32 bits per heavy atom. The first-order chi connectivity index (χ1) is 19.5. The van der Waals surface area contributed by atoms with Gasteiger partial charge in [-0.15, -0.1) is 0 Å². The van der Waals surface area contributed by atoms with Gasteiger partial charge in [0.1, 0.15) is 27.2 Å². The normalized spacial score (nSPS) is 17.4. The molecule has 0 aliphatic carbocycles. The van der Waals surface area contributed by atoms with Crippen LogP contribution in [0.4, 0.5) is 8.78 Å². The van der Waals surface area contributed by atoms with Crippen molar-refractivity contribution in [2.75, 3.05) is 6.26 Å². The summed E-state index contributed by atoms with van der Waals surface area (Å²) in [5.74, 6) is -2.03. The summed E-state index contributed by atoms with van der Waals surface area (Å²) in [6, 6.07) is 21.3. The van der Waals surface area contributed by atoms with E-state index in [-0.39, 0.29) is 28.2 Å². The molecule has 41 heavy (non-hydrogen) atoms. The number of esters is 1. The lowest BCUT2D eigenvalue weighted by molar-refractivity contribution is -0.155. The zero-order valence-corrected chi connectivity index (χ0v) is 24.9. The maximum Gasteiger partial charge on any atom is 0.306 e. The van der Waals surface area contributed by atoms with E-state index in [1.807, 2.05) is 57.2 Å². The van der Waals surface area contributed by atoms with Gasteiger partial charge in [0.05, 0.1) is 0 Å². The number of thioether (sulfide) groups is 2. The number of hydrazone groups is 1. The number of rotatable bonds is 7. The largest absolute Gasteiger partial charge is 0.460 e. The first-order valence-electron chi connectivity index (χ1n) is 13.0. The summed E-state index contributed by atoms with van der Waals surface area (Å²) in [6.07, 6.45) is 2.67. The van der Waals surface area contributed by atoms with Crippen molar-refractivity contribution < 1.29 is 23.1 Å². The number of aliphatic imine (C=N–C) groups is 1. The van der Waals surface area contributed by atoms with E-state index >= 15 is 4.39 Å². The van der Waals surface area contributed by atoms with Gasteiger partial charge >= 0.3 is 5.97 Å². The van der Waals surface area contributed by atoms with Crippen LogP contribution in [0.1, 0.15) is 61.5 Å². The van der Waals surface area contributed by atoms with Gasteiger partial charge in [-0.05, 0) is 75.8 Å². The number of hydrogen-bond donors (Lipinski definition) is 0. The first-order valence-corrected chi connectivity index (χ1v) is 15.1. The van der Waals surface area contributed by atoms with Crippen LogP contribution in [-0.4, -0.2) is 39.0 Å². The fourth-order valence-electron chi connectivity index (χ4n) is 4.32. The second kappa shape index (κ2) is 13.0. The number of nitrogens with zero attached hydrogens (tertiary/aromatic N) is 3. The van der Waals surface area contributed by atoms with Crippen LogP contribution in [0.25, 0.3) is 0 Å². The third-order valence-corrected chi connectivity index (χ3v) is 8.16. The fourth-order valence-corrected chi connectivity index (χ4v) is 6.34. The molecule has 1 aliphatic heterocycles. The Balaban J connectivity index is 1.81. The van der Waals surface area contributed by atoms with Crippen molar-refractivity contribution in [3.05, 3.63) is 107 Å². The minimum absolute atomic E-state index is 0.000197. The van der Waals surface area contributed by atoms with Crippen LogP contribution in [0.5, 0.6) is 0 Å². The van der Waals surface area contributed by atoms with Gasteiger partial charge in [-0.3, -0.25) is 9.59 Å². The van der Waals surface area contributed by atoms with Crippen molar-refractivity contribution in [1.29, 1.82) is 0 Å². The van der Waals surface area contributed by atoms with Crippen molar-refractivity contribution in [3.8, 4) is 0 Å². The van der Waals surface area contributed by atoms with Crippen LogP contribution in [0, 0.1) is 11.6 Å². The van der Waals surface area contributed by atoms with Crippen molar-refractivity contribution >= 4 is 45.6 Å². The third-order valence-electron chi connectivity index (χ3n) is 6.08. The van der Waals surface area contributed by atoms with Crippen molar-refractivity contribution in [3.63, 3.8) is 0 Å². The third kappa shape index (κ3) is 7.42. The fraction of sp³-hybridized carbons (Fsp3) is 0.290. The topological polar surface area (TPSA) is 71.3 Å². The van der Waals surface area contributed by atoms with E-state index in [1.165, 1.54) is 23.5 Å². The lowest BCUT2D eigenvalue weighted by atomic mass is 9.99. The molecule has 214 valence electrons. The number of ether oxygens (including phenoxy) is 1. The van der Waals surface area contributed by atoms with E-state index in [1.54, 1.807) is 35.5 Å². The van der Waals surface area contributed by atoms with Gasteiger partial charge in [-0.25, -0.2) is 13.8 Å². The molecule has 1 unspecified atom stereocenters. The summed E-state index contributed by atoms with van der Waals surface area (Å²) in [4.78, 5) is 29.1. The van der Waals surface area contributed by atoms with Crippen LogP contribution in [0.3, 0.4) is 0 Å². The van der Waals surface area contributed by atoms with Crippen LogP contribution in [0.15, 0.2) is 89.0 Å². The molecule has 6 nitrogen and oxygen atoms in total. The van der Waals surface area contributed by atoms with Gasteiger partial charge in [-0.2, -0.15) is 10.1 Å². The SMILES string of the molecule is CS/C(=N\C(=O)c1ccccc1)N1N=C(c2cc(F)ccc2F)SC1(CCCC(=O)OC(C)(C)C)c1ccccc1. The molecule has 0 aromatic heterocycles. The lowest BCUT2D eigenvalue weighted by Gasteiger charge is -2.37. The van der Waals surface area contributed by atoms with Gasteiger partial charge in [0.25, 0.3) is 5.91 Å². The van der Waals surface area contributed by atoms with E-state index < -0.39 is 28.0 Å². The molecule has 3 aromatic carbocycles. The molecule has 0 radical (unpaired) electrons. The van der Waals surface area contributed by atoms with E-state index in [2.05, 4.69) is 4.99 Å². The second-order valence-corrected chi connectivity index (χ2v) is 12.3. The predicted molar refractivity (Wildman–Crippen MR) is 162 cm³/mol. The maximum atomic E-state index is 15.0. The molecule has 0 saturated heterocycles. The summed E-state index contributed by atoms with van der Waals surface area (Å²) in [7, 11) is 0. The van der Waals surface area contributed by atoms with Gasteiger partial charge < -0.3 is 4.74 Å². The average Bonchev–Trinajstić information content (AvgIpc) is 3.33. The Morgan fingerprint density at radius 1 is 1.02 bits per heavy atom. The summed E-state index contributed by atoms with van der Waals surface area (Å²) < 4.78 is 34.8. The Labute approximate surface area is 247 Å². The molecule has 0 spiro atoms. The number of carbonyl (C=O) groups is 2. The maximum absolute atomic E-state index is 15.0. The second-order valence-electron chi connectivity index (χ2n) is 10.3. The Bertz CT molecular complexity index is 1460. The number of halogens is 2. The minimum Gasteiger partial charge on any atom is -0.460 e. The number of amidine groups is 1. The average molecular weight is 596 g/mol. The smallest absolute Gasteiger partial charge is 0.306 e. The molecule has 0 bridgehead atoms. The number of benzene rings is 3. The van der Waals surface area contributed by atoms with Gasteiger partial charge in [0, 0.05) is 17.5 Å². The highest BCUT2D eigenvalue weighted by molar-refractivity contribution is 8.16. The van der Waals surface area contributed by atoms with Crippen molar-refractivity contribution in [1.82, 2.24) is 5.01 Å². The molecule has 0 saturated carbocycles. The summed E-state index contributed by atoms with van der Waals surface area (Å²) in [6.45, 7) is 5.43. The molecule has 1 amide bonds. The minimum atomic E-state index is -1.02. The summed E-state index contributed by atoms with van der Waals surface area (Å²) in [5.41, 5.74) is 0.587. The molecule has 0 fully saturated rings. The van der Waals surface area contributed by atoms with Crippen molar-refractivity contribution in [2.45, 2.75) is 50.5 Å². The monoisotopic (exact) mass is 595 g/mol. The number of carbonyl (C=O) groups excluding carboxylic acids is 2. The van der Waals surface area contributed by atoms with Crippen molar-refractivity contribution in [2.24, 2.45) is 10.1 Å². The summed E-state index contributed by atoms with van der Waals surface area (Å²) in [5, 5.41) is 6.87. The lowest BCUT2D eigenvalue weighted by Crippen LogP contribution is -2.41. The quantitative estimate of drug-likeness (QED) is 0.159. The summed E-state index contributed by atoms with van der Waals surface area (Å²) >= 11 is 2.45. The van der Waals surface area contributed by atoms with E-state index in [0.29, 0.717) is 18.4 Å². The van der Waals surface area contributed by atoms with E-state index in [9.17, 15) is 14.0 Å². The molecule has 1 atom stereocenters. The van der Waals surface area contributed by atoms with Gasteiger partial charge in [0.2, 0.25) is 0 Å². The predicted octanol–water partition coefficient (Wildman–Crippen LogP) is 7.60. The van der Waals surface area contributed by atoms with Crippen LogP contribution in [0.2, 0.25) is 0 Å². The number of amides is 1. The van der Waals surface area contributed by atoms with Crippen LogP contribution >= 0.6 is 23.5 Å². The molecule has 1 aliphatic rings. The molecule has 0 N–H and O–H groups in total. The molecular weight excluding hydrogens is 564 g/mol. The highest BCUT2D eigenvalue weighted by Crippen LogP contribution is 2.51. The highest BCUT2D eigenvalue weighted by Gasteiger charge is 2.48. The zero-order valence-electron chi connectivity index (χ0n) is 23.3. The molecule has 4 rings (SSSR count).